The van der Waals surface area contributed by atoms with Gasteiger partial charge in [-0.3, -0.25) is 0 Å². The molecule has 0 unspecified atom stereocenters. The quantitative estimate of drug-likeness (QED) is 0.349. The van der Waals surface area contributed by atoms with E-state index in [0.717, 1.165) is 4.43 Å². The Labute approximate surface area is 115 Å². The molecule has 0 heterocycles. The van der Waals surface area contributed by atoms with Gasteiger partial charge in [-0.05, 0) is 0 Å². The van der Waals surface area contributed by atoms with E-state index in [1.165, 1.54) is 0 Å². The third-order valence-corrected chi connectivity index (χ3v) is 3.67. The minimum absolute atomic E-state index is 0.0362. The van der Waals surface area contributed by atoms with Crippen molar-refractivity contribution in [2.24, 2.45) is 5.73 Å². The van der Waals surface area contributed by atoms with Gasteiger partial charge in [-0.2, -0.15) is 0 Å². The molecular weight excluding hydrogens is 333 g/mol. The van der Waals surface area contributed by atoms with E-state index >= 15 is 0 Å². The second-order valence-corrected chi connectivity index (χ2v) is 8.24. The van der Waals surface area contributed by atoms with Crippen LogP contribution in [-0.4, -0.2) is 32.8 Å². The van der Waals surface area contributed by atoms with Gasteiger partial charge in [0.15, 0.2) is 0 Å². The van der Waals surface area contributed by atoms with Crippen molar-refractivity contribution < 1.29 is 35.5 Å². The number of carbonyl (C=O) groups excluding carboxylic acids is 1. The van der Waals surface area contributed by atoms with Crippen molar-refractivity contribution in [2.45, 2.75) is 52.2 Å². The molecule has 104 valence electrons. The monoisotopic (exact) mass is 358 g/mol. The van der Waals surface area contributed by atoms with E-state index in [4.69, 9.17) is 15.2 Å². The first kappa shape index (κ1) is 17.1. The van der Waals surface area contributed by atoms with Gasteiger partial charge < -0.3 is 0 Å². The first-order valence-electron chi connectivity index (χ1n) is 5.88. The Morgan fingerprint density at radius 2 is 1.82 bits per heavy atom. The summed E-state index contributed by atoms with van der Waals surface area (Å²) < 4.78 is 12.0. The number of rotatable bonds is 8. The van der Waals surface area contributed by atoms with Crippen molar-refractivity contribution in [3.05, 3.63) is 0 Å². The molecule has 0 bridgehead atoms. The topological polar surface area (TPSA) is 61.5 Å². The first-order valence-corrected chi connectivity index (χ1v) is 8.49. The molecule has 0 aliphatic carbocycles. The van der Waals surface area contributed by atoms with E-state index in [-0.39, 0.29) is 9.58 Å². The summed E-state index contributed by atoms with van der Waals surface area (Å²) >= 11 is -0.477. The molecule has 5 heteroatoms. The molecule has 0 saturated heterocycles. The molecule has 0 fully saturated rings. The zero-order valence-corrected chi connectivity index (χ0v) is 13.7. The molecule has 0 radical (unpaired) electrons. The van der Waals surface area contributed by atoms with Crippen LogP contribution >= 0.6 is 0 Å². The van der Waals surface area contributed by atoms with E-state index in [0.29, 0.717) is 19.6 Å². The van der Waals surface area contributed by atoms with Gasteiger partial charge >= 0.3 is 115 Å². The van der Waals surface area contributed by atoms with Crippen LogP contribution in [0.1, 0.15) is 41.0 Å². The van der Waals surface area contributed by atoms with Crippen LogP contribution in [0.2, 0.25) is 0 Å². The van der Waals surface area contributed by atoms with Crippen molar-refractivity contribution in [1.82, 2.24) is 0 Å². The third-order valence-electron chi connectivity index (χ3n) is 2.06. The van der Waals surface area contributed by atoms with Gasteiger partial charge in [0, 0.05) is 0 Å². The normalized spacial score (nSPS) is 12.8. The van der Waals surface area contributed by atoms with Crippen LogP contribution in [0.4, 0.5) is 4.79 Å². The van der Waals surface area contributed by atoms with E-state index in [1.807, 2.05) is 34.6 Å². The van der Waals surface area contributed by atoms with Gasteiger partial charge in [0.25, 0.3) is 0 Å². The average molecular weight is 358 g/mol. The number of alkyl halides is 1. The Hall–Kier alpha value is 0.120. The maximum atomic E-state index is 11.5. The summed E-state index contributed by atoms with van der Waals surface area (Å²) in [5, 5.41) is 0. The Balaban J connectivity index is 4.26. The van der Waals surface area contributed by atoms with E-state index < -0.39 is 26.8 Å². The maximum absolute atomic E-state index is 11.5. The standard InChI is InChI=1S/C12H25INO3/c1-6-13-10(15)17-12(4,5)9-11(2,3)16-8-7-14/h6-9,14H2,1-5H3/q-1. The Bertz CT molecular complexity index is 242. The summed E-state index contributed by atoms with van der Waals surface area (Å²) in [7, 11) is 0. The number of nitrogens with two attached hydrogens (primary N) is 1. The Kier molecular flexibility index (Phi) is 7.58. The molecule has 0 aromatic carbocycles. The first-order chi connectivity index (χ1) is 7.72. The fourth-order valence-electron chi connectivity index (χ4n) is 1.80. The van der Waals surface area contributed by atoms with Crippen LogP contribution < -0.4 is 26.9 Å². The molecule has 0 aromatic rings. The van der Waals surface area contributed by atoms with E-state index in [2.05, 4.69) is 0 Å². The number of hydrogen-bond acceptors (Lipinski definition) is 4. The van der Waals surface area contributed by atoms with Crippen molar-refractivity contribution in [3.8, 4) is 0 Å². The van der Waals surface area contributed by atoms with Crippen molar-refractivity contribution in [2.75, 3.05) is 17.6 Å². The molecule has 0 saturated carbocycles. The second kappa shape index (κ2) is 7.53. The molecule has 17 heavy (non-hydrogen) atoms. The van der Waals surface area contributed by atoms with Gasteiger partial charge in [0.05, 0.1) is 0 Å². The van der Waals surface area contributed by atoms with E-state index in [9.17, 15) is 4.79 Å². The summed E-state index contributed by atoms with van der Waals surface area (Å²) in [5.41, 5.74) is 4.61. The molecule has 0 spiro atoms. The predicted octanol–water partition coefficient (Wildman–Crippen LogP) is -0.845. The Morgan fingerprint density at radius 1 is 1.24 bits per heavy atom. The SMILES string of the molecule is CC[I-]C(=O)OC(C)(C)CC(C)(C)OCCN. The number of carbonyl (C=O) groups is 1. The predicted molar refractivity (Wildman–Crippen MR) is 64.8 cm³/mol. The third kappa shape index (κ3) is 8.79. The second-order valence-electron chi connectivity index (χ2n) is 5.07. The van der Waals surface area contributed by atoms with Gasteiger partial charge in [0.1, 0.15) is 0 Å². The summed E-state index contributed by atoms with van der Waals surface area (Å²) in [6.07, 6.45) is 0.666. The Morgan fingerprint density at radius 3 is 2.29 bits per heavy atom. The van der Waals surface area contributed by atoms with Crippen LogP contribution in [-0.2, 0) is 9.47 Å². The van der Waals surface area contributed by atoms with Crippen LogP contribution in [0.5, 0.6) is 0 Å². The summed E-state index contributed by atoms with van der Waals surface area (Å²) in [6.45, 7) is 10.9. The zero-order valence-electron chi connectivity index (χ0n) is 11.5. The molecule has 4 nitrogen and oxygen atoms in total. The van der Waals surface area contributed by atoms with Gasteiger partial charge in [0.2, 0.25) is 0 Å². The van der Waals surface area contributed by atoms with Crippen LogP contribution in [0, 0.1) is 0 Å². The van der Waals surface area contributed by atoms with Crippen LogP contribution in [0.25, 0.3) is 0 Å². The summed E-state index contributed by atoms with van der Waals surface area (Å²) in [5.74, 6) is 0. The van der Waals surface area contributed by atoms with Crippen molar-refractivity contribution in [1.29, 1.82) is 0 Å². The summed E-state index contributed by atoms with van der Waals surface area (Å²) in [6, 6.07) is 0. The van der Waals surface area contributed by atoms with Crippen molar-refractivity contribution in [3.63, 3.8) is 0 Å². The fraction of sp³-hybridized carbons (Fsp3) is 0.917. The summed E-state index contributed by atoms with van der Waals surface area (Å²) in [4.78, 5) is 11.5. The van der Waals surface area contributed by atoms with Gasteiger partial charge in [-0.15, -0.1) is 0 Å². The molecule has 0 aromatic heterocycles. The van der Waals surface area contributed by atoms with Crippen LogP contribution in [0.3, 0.4) is 0 Å². The number of halogens is 1. The van der Waals surface area contributed by atoms with Gasteiger partial charge in [-0.1, -0.05) is 0 Å². The molecule has 0 aliphatic heterocycles. The molecule has 0 aliphatic rings. The zero-order chi connectivity index (χ0) is 13.5. The molecule has 0 atom stereocenters. The number of ether oxygens (including phenoxy) is 2. The molecule has 0 rings (SSSR count). The van der Waals surface area contributed by atoms with E-state index in [1.54, 1.807) is 0 Å². The molecular formula is C12H25INO3-. The van der Waals surface area contributed by atoms with Crippen LogP contribution in [0.15, 0.2) is 0 Å². The minimum atomic E-state index is -0.482. The van der Waals surface area contributed by atoms with Gasteiger partial charge in [-0.25, -0.2) is 0 Å². The van der Waals surface area contributed by atoms with Crippen molar-refractivity contribution >= 4 is 3.98 Å². The fourth-order valence-corrected chi connectivity index (χ4v) is 3.18. The molecule has 2 N–H and O–H groups in total. The average Bonchev–Trinajstić information content (AvgIpc) is 2.12. The number of hydrogen-bond donors (Lipinski definition) is 1. The molecule has 0 amide bonds.